The number of halogens is 2. The van der Waals surface area contributed by atoms with Crippen LogP contribution in [0.1, 0.15) is 6.42 Å². The Bertz CT molecular complexity index is 1040. The molecule has 5 nitrogen and oxygen atoms in total. The summed E-state index contributed by atoms with van der Waals surface area (Å²) in [6.07, 6.45) is 0.794. The first-order chi connectivity index (χ1) is 13.6. The fourth-order valence-corrected chi connectivity index (χ4v) is 3.74. The molecule has 3 aromatic carbocycles. The minimum Gasteiger partial charge on any atom is -0.490 e. The lowest BCUT2D eigenvalue weighted by Crippen LogP contribution is -2.20. The van der Waals surface area contributed by atoms with Gasteiger partial charge < -0.3 is 19.5 Å². The first kappa shape index (κ1) is 18.9. The van der Waals surface area contributed by atoms with Crippen LogP contribution in [0.3, 0.4) is 0 Å². The molecule has 0 aromatic heterocycles. The van der Waals surface area contributed by atoms with E-state index in [1.807, 2.05) is 36.4 Å². The number of hydrogen-bond acceptors (Lipinski definition) is 4. The van der Waals surface area contributed by atoms with Crippen molar-refractivity contribution in [3.63, 3.8) is 0 Å². The molecular formula is C21H17BrClNO4. The molecule has 1 aliphatic heterocycles. The van der Waals surface area contributed by atoms with Crippen LogP contribution < -0.4 is 19.5 Å². The zero-order valence-electron chi connectivity index (χ0n) is 14.8. The third-order valence-electron chi connectivity index (χ3n) is 4.30. The van der Waals surface area contributed by atoms with Crippen LogP contribution in [0, 0.1) is 0 Å². The van der Waals surface area contributed by atoms with Crippen molar-refractivity contribution in [1.82, 2.24) is 0 Å². The van der Waals surface area contributed by atoms with Crippen molar-refractivity contribution in [2.45, 2.75) is 6.42 Å². The van der Waals surface area contributed by atoms with Crippen LogP contribution in [-0.2, 0) is 4.79 Å². The highest BCUT2D eigenvalue weighted by Gasteiger charge is 2.16. The van der Waals surface area contributed by atoms with Gasteiger partial charge in [-0.05, 0) is 32.8 Å². The lowest BCUT2D eigenvalue weighted by Gasteiger charge is -2.13. The van der Waals surface area contributed by atoms with Crippen molar-refractivity contribution >= 4 is 49.9 Å². The van der Waals surface area contributed by atoms with Gasteiger partial charge in [-0.1, -0.05) is 41.9 Å². The molecule has 1 N–H and O–H groups in total. The zero-order chi connectivity index (χ0) is 19.5. The molecule has 1 heterocycles. The Morgan fingerprint density at radius 2 is 1.86 bits per heavy atom. The molecule has 3 aromatic rings. The van der Waals surface area contributed by atoms with E-state index in [1.54, 1.807) is 12.1 Å². The number of rotatable bonds is 4. The molecule has 0 spiro atoms. The number of fused-ring (bicyclic) bond motifs is 2. The summed E-state index contributed by atoms with van der Waals surface area (Å²) in [7, 11) is 0. The van der Waals surface area contributed by atoms with E-state index in [2.05, 4.69) is 21.2 Å². The molecule has 0 saturated carbocycles. The summed E-state index contributed by atoms with van der Waals surface area (Å²) in [5.41, 5.74) is 0.456. The van der Waals surface area contributed by atoms with Crippen LogP contribution in [0.5, 0.6) is 17.2 Å². The second-order valence-corrected chi connectivity index (χ2v) is 7.47. The Kier molecular flexibility index (Phi) is 5.59. The summed E-state index contributed by atoms with van der Waals surface area (Å²) in [6.45, 7) is 0.979. The largest absolute Gasteiger partial charge is 0.490 e. The van der Waals surface area contributed by atoms with E-state index in [9.17, 15) is 4.79 Å². The smallest absolute Gasteiger partial charge is 0.262 e. The highest BCUT2D eigenvalue weighted by molar-refractivity contribution is 9.10. The van der Waals surface area contributed by atoms with E-state index in [4.69, 9.17) is 25.8 Å². The highest BCUT2D eigenvalue weighted by Crippen LogP contribution is 2.38. The summed E-state index contributed by atoms with van der Waals surface area (Å²) in [5.74, 6) is 1.42. The Labute approximate surface area is 175 Å². The van der Waals surface area contributed by atoms with Crippen LogP contribution in [0.4, 0.5) is 5.69 Å². The third kappa shape index (κ3) is 4.03. The fraction of sp³-hybridized carbons (Fsp3) is 0.190. The Morgan fingerprint density at radius 1 is 1.11 bits per heavy atom. The molecule has 0 saturated heterocycles. The SMILES string of the molecule is O=C(COc1ccc2ccccc2c1Br)Nc1cc2c(cc1Cl)OCCCO2. The average molecular weight is 463 g/mol. The topological polar surface area (TPSA) is 56.8 Å². The van der Waals surface area contributed by atoms with Gasteiger partial charge in [0.1, 0.15) is 5.75 Å². The van der Waals surface area contributed by atoms with E-state index >= 15 is 0 Å². The van der Waals surface area contributed by atoms with Gasteiger partial charge in [0.15, 0.2) is 18.1 Å². The predicted molar refractivity (Wildman–Crippen MR) is 113 cm³/mol. The molecule has 0 radical (unpaired) electrons. The number of nitrogens with one attached hydrogen (secondary N) is 1. The number of carbonyl (C=O) groups is 1. The molecule has 28 heavy (non-hydrogen) atoms. The molecule has 7 heteroatoms. The minimum absolute atomic E-state index is 0.151. The van der Waals surface area contributed by atoms with Crippen LogP contribution in [-0.4, -0.2) is 25.7 Å². The summed E-state index contributed by atoms with van der Waals surface area (Å²) in [6, 6.07) is 15.0. The van der Waals surface area contributed by atoms with Crippen molar-refractivity contribution in [3.8, 4) is 17.2 Å². The Hall–Kier alpha value is -2.44. The van der Waals surface area contributed by atoms with Crippen molar-refractivity contribution in [2.24, 2.45) is 0 Å². The van der Waals surface area contributed by atoms with E-state index in [0.717, 1.165) is 21.7 Å². The van der Waals surface area contributed by atoms with Crippen molar-refractivity contribution in [3.05, 3.63) is 58.0 Å². The molecule has 144 valence electrons. The molecule has 0 unspecified atom stereocenters. The minimum atomic E-state index is -0.323. The first-order valence-corrected chi connectivity index (χ1v) is 9.98. The third-order valence-corrected chi connectivity index (χ3v) is 5.43. The van der Waals surface area contributed by atoms with Crippen LogP contribution in [0.15, 0.2) is 53.0 Å². The highest BCUT2D eigenvalue weighted by atomic mass is 79.9. The maximum absolute atomic E-state index is 12.4. The molecule has 0 aliphatic carbocycles. The predicted octanol–water partition coefficient (Wildman–Crippen LogP) is 5.43. The van der Waals surface area contributed by atoms with Gasteiger partial charge >= 0.3 is 0 Å². The Balaban J connectivity index is 1.45. The van der Waals surface area contributed by atoms with Crippen molar-refractivity contribution in [2.75, 3.05) is 25.1 Å². The molecule has 0 bridgehead atoms. The lowest BCUT2D eigenvalue weighted by atomic mass is 10.1. The van der Waals surface area contributed by atoms with Crippen molar-refractivity contribution < 1.29 is 19.0 Å². The van der Waals surface area contributed by atoms with Gasteiger partial charge in [0, 0.05) is 18.6 Å². The second kappa shape index (κ2) is 8.29. The van der Waals surface area contributed by atoms with Gasteiger partial charge in [0.2, 0.25) is 0 Å². The first-order valence-electron chi connectivity index (χ1n) is 8.81. The van der Waals surface area contributed by atoms with Gasteiger partial charge in [0.05, 0.1) is 28.4 Å². The number of amides is 1. The second-order valence-electron chi connectivity index (χ2n) is 6.26. The van der Waals surface area contributed by atoms with E-state index in [-0.39, 0.29) is 12.5 Å². The van der Waals surface area contributed by atoms with Gasteiger partial charge in [-0.3, -0.25) is 4.79 Å². The van der Waals surface area contributed by atoms with Gasteiger partial charge in [-0.2, -0.15) is 0 Å². The number of hydrogen-bond donors (Lipinski definition) is 1. The van der Waals surface area contributed by atoms with Gasteiger partial charge in [-0.25, -0.2) is 0 Å². The van der Waals surface area contributed by atoms with E-state index in [0.29, 0.717) is 41.2 Å². The number of benzene rings is 3. The van der Waals surface area contributed by atoms with Crippen molar-refractivity contribution in [1.29, 1.82) is 0 Å². The molecule has 1 amide bonds. The number of anilines is 1. The fourth-order valence-electron chi connectivity index (χ4n) is 2.93. The molecular weight excluding hydrogens is 446 g/mol. The molecule has 0 atom stereocenters. The van der Waals surface area contributed by atoms with Crippen LogP contribution in [0.2, 0.25) is 5.02 Å². The van der Waals surface area contributed by atoms with Gasteiger partial charge in [-0.15, -0.1) is 0 Å². The van der Waals surface area contributed by atoms with Crippen LogP contribution in [0.25, 0.3) is 10.8 Å². The normalized spacial score (nSPS) is 13.1. The summed E-state index contributed by atoms with van der Waals surface area (Å²) < 4.78 is 17.7. The maximum Gasteiger partial charge on any atom is 0.262 e. The monoisotopic (exact) mass is 461 g/mol. The van der Waals surface area contributed by atoms with Gasteiger partial charge in [0.25, 0.3) is 5.91 Å². The lowest BCUT2D eigenvalue weighted by molar-refractivity contribution is -0.118. The van der Waals surface area contributed by atoms with E-state index in [1.165, 1.54) is 0 Å². The molecule has 0 fully saturated rings. The summed E-state index contributed by atoms with van der Waals surface area (Å²) >= 11 is 9.82. The maximum atomic E-state index is 12.4. The molecule has 1 aliphatic rings. The standard InChI is InChI=1S/C21H17BrClNO4/c22-21-14-5-2-1-4-13(14)6-7-17(21)28-12-20(25)24-16-11-19-18(10-15(16)23)26-8-3-9-27-19/h1-2,4-7,10-11H,3,8-9,12H2,(H,24,25). The number of carbonyl (C=O) groups excluding carboxylic acids is 1. The quantitative estimate of drug-likeness (QED) is 0.561. The average Bonchev–Trinajstić information content (AvgIpc) is 2.93. The van der Waals surface area contributed by atoms with E-state index < -0.39 is 0 Å². The number of ether oxygens (including phenoxy) is 3. The summed E-state index contributed by atoms with van der Waals surface area (Å²) in [5, 5.41) is 5.25. The summed E-state index contributed by atoms with van der Waals surface area (Å²) in [4.78, 5) is 12.4. The van der Waals surface area contributed by atoms with Crippen LogP contribution >= 0.6 is 27.5 Å². The Morgan fingerprint density at radius 3 is 2.68 bits per heavy atom. The zero-order valence-corrected chi connectivity index (χ0v) is 17.2. The molecule has 4 rings (SSSR count).